The number of rotatable bonds is 1. The molecule has 17 heavy (non-hydrogen) atoms. The molecule has 0 nitrogen and oxygen atoms in total. The first-order valence-electron chi connectivity index (χ1n) is 4.59. The Kier molecular flexibility index (Phi) is 4.59. The normalized spacial score (nSPS) is 10.6. The average molecular weight is 460 g/mol. The number of benzene rings is 2. The molecule has 0 heterocycles. The fourth-order valence-electron chi connectivity index (χ4n) is 1.43. The highest BCUT2D eigenvalue weighted by Crippen LogP contribution is 2.38. The zero-order valence-electron chi connectivity index (χ0n) is 8.28. The molecule has 0 fully saturated rings. The van der Waals surface area contributed by atoms with Gasteiger partial charge < -0.3 is 0 Å². The Hall–Kier alpha value is 0.460. The largest absolute Gasteiger partial charge is 0.0831 e. The van der Waals surface area contributed by atoms with Gasteiger partial charge in [-0.05, 0) is 67.3 Å². The monoisotopic (exact) mass is 456 g/mol. The minimum Gasteiger partial charge on any atom is -0.0831 e. The minimum absolute atomic E-state index is 0.661. The molecule has 0 spiro atoms. The van der Waals surface area contributed by atoms with E-state index in [0.717, 1.165) is 24.5 Å². The third kappa shape index (κ3) is 3.07. The van der Waals surface area contributed by atoms with Crippen molar-refractivity contribution in [3.8, 4) is 11.1 Å². The lowest BCUT2D eigenvalue weighted by Crippen LogP contribution is -1.83. The van der Waals surface area contributed by atoms with E-state index in [4.69, 9.17) is 23.2 Å². The van der Waals surface area contributed by atoms with Crippen LogP contribution >= 0.6 is 71.0 Å². The van der Waals surface area contributed by atoms with Crippen LogP contribution in [0.2, 0.25) is 10.0 Å². The van der Waals surface area contributed by atoms with Gasteiger partial charge in [0, 0.05) is 13.4 Å². The van der Waals surface area contributed by atoms with Crippen molar-refractivity contribution in [2.45, 2.75) is 0 Å². The molecule has 5 heteroatoms. The molecule has 0 saturated heterocycles. The summed E-state index contributed by atoms with van der Waals surface area (Å²) in [5.41, 5.74) is 2.01. The lowest BCUT2D eigenvalue weighted by molar-refractivity contribution is 1.54. The highest BCUT2D eigenvalue weighted by Gasteiger charge is 2.09. The van der Waals surface area contributed by atoms with Gasteiger partial charge in [0.25, 0.3) is 0 Å². The molecule has 0 atom stereocenters. The molecular weight excluding hydrogens is 455 g/mol. The molecule has 0 amide bonds. The van der Waals surface area contributed by atoms with Crippen molar-refractivity contribution in [1.29, 1.82) is 0 Å². The Morgan fingerprint density at radius 2 is 1.53 bits per heavy atom. The molecule has 0 aliphatic rings. The van der Waals surface area contributed by atoms with Gasteiger partial charge >= 0.3 is 0 Å². The third-order valence-corrected chi connectivity index (χ3v) is 5.29. The first kappa shape index (κ1) is 13.9. The average Bonchev–Trinajstić information content (AvgIpc) is 2.27. The zero-order valence-corrected chi connectivity index (χ0v) is 14.5. The van der Waals surface area contributed by atoms with E-state index >= 15 is 0 Å². The van der Waals surface area contributed by atoms with E-state index in [1.54, 1.807) is 0 Å². The third-order valence-electron chi connectivity index (χ3n) is 2.22. The molecule has 0 unspecified atom stereocenters. The lowest BCUT2D eigenvalue weighted by atomic mass is 10.1. The molecule has 0 aromatic heterocycles. The van der Waals surface area contributed by atoms with Gasteiger partial charge in [0.15, 0.2) is 0 Å². The zero-order chi connectivity index (χ0) is 12.6. The van der Waals surface area contributed by atoms with E-state index in [2.05, 4.69) is 47.8 Å². The molecule has 0 N–H and O–H groups in total. The van der Waals surface area contributed by atoms with E-state index in [9.17, 15) is 0 Å². The van der Waals surface area contributed by atoms with E-state index < -0.39 is 0 Å². The summed E-state index contributed by atoms with van der Waals surface area (Å²) in [4.78, 5) is 0. The van der Waals surface area contributed by atoms with Crippen molar-refractivity contribution in [2.24, 2.45) is 0 Å². The van der Waals surface area contributed by atoms with E-state index in [1.807, 2.05) is 30.3 Å². The van der Waals surface area contributed by atoms with E-state index in [-0.39, 0.29) is 0 Å². The Balaban J connectivity index is 2.64. The maximum atomic E-state index is 6.12. The Bertz CT molecular complexity index is 582. The molecular formula is C12H5Br3Cl2. The Morgan fingerprint density at radius 3 is 2.18 bits per heavy atom. The summed E-state index contributed by atoms with van der Waals surface area (Å²) in [5, 5.41) is 1.33. The molecule has 2 aromatic rings. The van der Waals surface area contributed by atoms with Crippen LogP contribution in [0.15, 0.2) is 43.7 Å². The van der Waals surface area contributed by atoms with Gasteiger partial charge in [-0.25, -0.2) is 0 Å². The van der Waals surface area contributed by atoms with Crippen LogP contribution in [0.1, 0.15) is 0 Å². The summed E-state index contributed by atoms with van der Waals surface area (Å²) in [6.45, 7) is 0. The number of hydrogen-bond acceptors (Lipinski definition) is 0. The summed E-state index contributed by atoms with van der Waals surface area (Å²) < 4.78 is 2.67. The van der Waals surface area contributed by atoms with Gasteiger partial charge in [0.1, 0.15) is 0 Å². The summed E-state index contributed by atoms with van der Waals surface area (Å²) in [7, 11) is 0. The van der Waals surface area contributed by atoms with Crippen LogP contribution in [0.5, 0.6) is 0 Å². The highest BCUT2D eigenvalue weighted by atomic mass is 79.9. The SMILES string of the molecule is Clc1cc(-c2cc(Br)cc(Cl)c2Br)ccc1Br. The van der Waals surface area contributed by atoms with Gasteiger partial charge in [-0.3, -0.25) is 0 Å². The molecule has 0 bridgehead atoms. The Morgan fingerprint density at radius 1 is 0.824 bits per heavy atom. The predicted molar refractivity (Wildman–Crippen MR) is 85.0 cm³/mol. The van der Waals surface area contributed by atoms with Crippen LogP contribution in [0.25, 0.3) is 11.1 Å². The number of halogens is 5. The quantitative estimate of drug-likeness (QED) is 0.405. The van der Waals surface area contributed by atoms with Gasteiger partial charge in [0.05, 0.1) is 10.0 Å². The predicted octanol–water partition coefficient (Wildman–Crippen LogP) is 6.95. The Labute approximate surface area is 135 Å². The smallest absolute Gasteiger partial charge is 0.0565 e. The van der Waals surface area contributed by atoms with Crippen LogP contribution in [-0.4, -0.2) is 0 Å². The van der Waals surface area contributed by atoms with Gasteiger partial charge in [-0.1, -0.05) is 45.2 Å². The summed E-state index contributed by atoms with van der Waals surface area (Å²) >= 11 is 22.5. The first-order chi connectivity index (χ1) is 7.99. The minimum atomic E-state index is 0.661. The maximum absolute atomic E-state index is 6.12. The summed E-state index contributed by atoms with van der Waals surface area (Å²) in [6, 6.07) is 9.64. The van der Waals surface area contributed by atoms with Crippen molar-refractivity contribution >= 4 is 71.0 Å². The van der Waals surface area contributed by atoms with Crippen LogP contribution in [0.4, 0.5) is 0 Å². The maximum Gasteiger partial charge on any atom is 0.0565 e. The van der Waals surface area contributed by atoms with Crippen molar-refractivity contribution < 1.29 is 0 Å². The lowest BCUT2D eigenvalue weighted by Gasteiger charge is -2.08. The summed E-state index contributed by atoms with van der Waals surface area (Å²) in [5.74, 6) is 0. The van der Waals surface area contributed by atoms with Crippen molar-refractivity contribution in [3.05, 3.63) is 53.8 Å². The van der Waals surface area contributed by atoms with Gasteiger partial charge in [-0.15, -0.1) is 0 Å². The second-order valence-corrected chi connectivity index (χ2v) is 6.76. The fourth-order valence-corrected chi connectivity index (χ4v) is 3.12. The first-order valence-corrected chi connectivity index (χ1v) is 7.72. The number of hydrogen-bond donors (Lipinski definition) is 0. The van der Waals surface area contributed by atoms with Crippen LogP contribution in [0.3, 0.4) is 0 Å². The van der Waals surface area contributed by atoms with E-state index in [1.165, 1.54) is 0 Å². The molecule has 0 radical (unpaired) electrons. The second kappa shape index (κ2) is 5.62. The van der Waals surface area contributed by atoms with E-state index in [0.29, 0.717) is 10.0 Å². The van der Waals surface area contributed by atoms with Crippen LogP contribution in [0, 0.1) is 0 Å². The molecule has 2 aromatic carbocycles. The molecule has 0 aliphatic heterocycles. The van der Waals surface area contributed by atoms with Crippen molar-refractivity contribution in [1.82, 2.24) is 0 Å². The van der Waals surface area contributed by atoms with Crippen LogP contribution in [-0.2, 0) is 0 Å². The molecule has 0 saturated carbocycles. The van der Waals surface area contributed by atoms with Crippen molar-refractivity contribution in [3.63, 3.8) is 0 Å². The second-order valence-electron chi connectivity index (χ2n) is 3.38. The van der Waals surface area contributed by atoms with Crippen LogP contribution < -0.4 is 0 Å². The highest BCUT2D eigenvalue weighted by molar-refractivity contribution is 9.11. The summed E-state index contributed by atoms with van der Waals surface area (Å²) in [6.07, 6.45) is 0. The van der Waals surface area contributed by atoms with Gasteiger partial charge in [-0.2, -0.15) is 0 Å². The molecule has 0 aliphatic carbocycles. The molecule has 2 rings (SSSR count). The standard InChI is InChI=1S/C12H5Br3Cl2/c13-7-4-8(12(15)11(17)5-7)6-1-2-9(14)10(16)3-6/h1-5H. The topological polar surface area (TPSA) is 0 Å². The van der Waals surface area contributed by atoms with Crippen molar-refractivity contribution in [2.75, 3.05) is 0 Å². The molecule has 88 valence electrons. The fraction of sp³-hybridized carbons (Fsp3) is 0. The van der Waals surface area contributed by atoms with Gasteiger partial charge in [0.2, 0.25) is 0 Å².